The Morgan fingerprint density at radius 3 is 2.88 bits per heavy atom. The lowest BCUT2D eigenvalue weighted by Crippen LogP contribution is -2.31. The highest BCUT2D eigenvalue weighted by Crippen LogP contribution is 2.35. The van der Waals surface area contributed by atoms with E-state index in [2.05, 4.69) is 15.0 Å². The van der Waals surface area contributed by atoms with Gasteiger partial charge < -0.3 is 9.55 Å². The van der Waals surface area contributed by atoms with E-state index in [1.54, 1.807) is 19.2 Å². The van der Waals surface area contributed by atoms with Crippen molar-refractivity contribution in [2.75, 3.05) is 6.54 Å². The molecule has 2 aromatic heterocycles. The minimum atomic E-state index is -3.73. The molecule has 1 unspecified atom stereocenters. The van der Waals surface area contributed by atoms with Gasteiger partial charge in [0.05, 0.1) is 17.1 Å². The third-order valence-electron chi connectivity index (χ3n) is 4.85. The van der Waals surface area contributed by atoms with E-state index in [1.165, 1.54) is 16.4 Å². The smallest absolute Gasteiger partial charge is 0.262 e. The number of hydrogen-bond donors (Lipinski definition) is 1. The average Bonchev–Trinajstić information content (AvgIpc) is 3.31. The van der Waals surface area contributed by atoms with E-state index in [-0.39, 0.29) is 10.8 Å². The number of halogens is 1. The first kappa shape index (κ1) is 17.2. The van der Waals surface area contributed by atoms with Crippen LogP contribution in [-0.4, -0.2) is 38.8 Å². The van der Waals surface area contributed by atoms with E-state index in [0.717, 1.165) is 6.42 Å². The summed E-state index contributed by atoms with van der Waals surface area (Å²) in [4.78, 5) is 11.8. The van der Waals surface area contributed by atoms with Crippen LogP contribution < -0.4 is 0 Å². The zero-order valence-corrected chi connectivity index (χ0v) is 15.4. The van der Waals surface area contributed by atoms with Gasteiger partial charge in [0.15, 0.2) is 5.03 Å². The van der Waals surface area contributed by atoms with Crippen LogP contribution in [0.1, 0.15) is 37.5 Å². The summed E-state index contributed by atoms with van der Waals surface area (Å²) in [5.41, 5.74) is 1.19. The second kappa shape index (κ2) is 6.17. The molecular formula is C17H20FN5O2S. The molecular weight excluding hydrogens is 357 g/mol. The maximum absolute atomic E-state index is 13.4. The van der Waals surface area contributed by atoms with E-state index in [4.69, 9.17) is 0 Å². The quantitative estimate of drug-likeness (QED) is 0.758. The molecule has 1 aromatic carbocycles. The minimum absolute atomic E-state index is 0.0610. The van der Waals surface area contributed by atoms with Crippen molar-refractivity contribution in [3.63, 3.8) is 0 Å². The highest BCUT2D eigenvalue weighted by molar-refractivity contribution is 7.89. The molecule has 1 N–H and O–H groups in total. The minimum Gasteiger partial charge on any atom is -0.341 e. The number of nitrogens with one attached hydrogen (secondary N) is 1. The molecule has 7 nitrogen and oxygen atoms in total. The Kier molecular flexibility index (Phi) is 4.07. The number of imidazole rings is 2. The van der Waals surface area contributed by atoms with Crippen LogP contribution in [0.5, 0.6) is 0 Å². The van der Waals surface area contributed by atoms with Crippen molar-refractivity contribution in [3.05, 3.63) is 41.9 Å². The number of aryl methyl sites for hydroxylation is 2. The SMILES string of the molecule is CCn1cc(S(=O)(=O)N2CCCC2c2nc3ccc(F)cc3[nH]2)nc1C. The maximum atomic E-state index is 13.4. The standard InChI is InChI=1S/C17H20FN5O2S/c1-3-22-10-16(19-11(22)2)26(24,25)23-8-4-5-15(23)17-20-13-7-6-12(18)9-14(13)21-17/h6-7,9-10,15H,3-5,8H2,1-2H3,(H,20,21). The normalized spacial score (nSPS) is 18.8. The van der Waals surface area contributed by atoms with Gasteiger partial charge in [-0.1, -0.05) is 0 Å². The number of sulfonamides is 1. The Morgan fingerprint density at radius 2 is 2.15 bits per heavy atom. The third kappa shape index (κ3) is 2.71. The van der Waals surface area contributed by atoms with Crippen molar-refractivity contribution in [3.8, 4) is 0 Å². The lowest BCUT2D eigenvalue weighted by molar-refractivity contribution is 0.384. The van der Waals surface area contributed by atoms with Crippen molar-refractivity contribution >= 4 is 21.1 Å². The van der Waals surface area contributed by atoms with Gasteiger partial charge in [-0.15, -0.1) is 0 Å². The predicted molar refractivity (Wildman–Crippen MR) is 94.6 cm³/mol. The number of H-pyrrole nitrogens is 1. The molecule has 0 radical (unpaired) electrons. The van der Waals surface area contributed by atoms with Gasteiger partial charge in [-0.05, 0) is 44.9 Å². The molecule has 1 fully saturated rings. The van der Waals surface area contributed by atoms with Crippen LogP contribution in [0.4, 0.5) is 4.39 Å². The van der Waals surface area contributed by atoms with Gasteiger partial charge in [-0.2, -0.15) is 4.31 Å². The molecule has 4 rings (SSSR count). The van der Waals surface area contributed by atoms with Crippen LogP contribution in [-0.2, 0) is 16.6 Å². The Balaban J connectivity index is 1.72. The Morgan fingerprint density at radius 1 is 1.35 bits per heavy atom. The van der Waals surface area contributed by atoms with Crippen molar-refractivity contribution in [2.45, 2.75) is 44.3 Å². The molecule has 3 heterocycles. The lowest BCUT2D eigenvalue weighted by atomic mass is 10.2. The monoisotopic (exact) mass is 377 g/mol. The summed E-state index contributed by atoms with van der Waals surface area (Å²) in [7, 11) is -3.73. The molecule has 0 saturated carbocycles. The first-order valence-corrected chi connectivity index (χ1v) is 10.0. The lowest BCUT2D eigenvalue weighted by Gasteiger charge is -2.21. The molecule has 0 aliphatic carbocycles. The predicted octanol–water partition coefficient (Wildman–Crippen LogP) is 2.75. The third-order valence-corrected chi connectivity index (χ3v) is 6.63. The summed E-state index contributed by atoms with van der Waals surface area (Å²) in [6, 6.07) is 3.90. The van der Waals surface area contributed by atoms with Gasteiger partial charge in [0.2, 0.25) is 0 Å². The fourth-order valence-corrected chi connectivity index (χ4v) is 5.16. The molecule has 138 valence electrons. The van der Waals surface area contributed by atoms with Gasteiger partial charge >= 0.3 is 0 Å². The Bertz CT molecular complexity index is 1070. The van der Waals surface area contributed by atoms with Crippen molar-refractivity contribution < 1.29 is 12.8 Å². The number of nitrogens with zero attached hydrogens (tertiary/aromatic N) is 4. The second-order valence-corrected chi connectivity index (χ2v) is 8.31. The summed E-state index contributed by atoms with van der Waals surface area (Å²) in [6.45, 7) is 4.80. The van der Waals surface area contributed by atoms with Crippen LogP contribution in [0, 0.1) is 12.7 Å². The van der Waals surface area contributed by atoms with Crippen LogP contribution >= 0.6 is 0 Å². The highest BCUT2D eigenvalue weighted by Gasteiger charge is 2.39. The number of benzene rings is 1. The topological polar surface area (TPSA) is 83.9 Å². The van der Waals surface area contributed by atoms with Crippen LogP contribution in [0.3, 0.4) is 0 Å². The number of aromatic amines is 1. The van der Waals surface area contributed by atoms with Gasteiger partial charge in [-0.25, -0.2) is 22.8 Å². The Labute approximate surface area is 150 Å². The first-order chi connectivity index (χ1) is 12.4. The van der Waals surface area contributed by atoms with Gasteiger partial charge in [0, 0.05) is 19.3 Å². The molecule has 0 spiro atoms. The van der Waals surface area contributed by atoms with Gasteiger partial charge in [0.1, 0.15) is 17.5 Å². The largest absolute Gasteiger partial charge is 0.341 e. The molecule has 1 saturated heterocycles. The fraction of sp³-hybridized carbons (Fsp3) is 0.412. The van der Waals surface area contributed by atoms with Crippen molar-refractivity contribution in [2.24, 2.45) is 0 Å². The van der Waals surface area contributed by atoms with Gasteiger partial charge in [-0.3, -0.25) is 0 Å². The van der Waals surface area contributed by atoms with Crippen LogP contribution in [0.15, 0.2) is 29.4 Å². The number of hydrogen-bond acceptors (Lipinski definition) is 4. The maximum Gasteiger partial charge on any atom is 0.262 e. The van der Waals surface area contributed by atoms with Crippen molar-refractivity contribution in [1.29, 1.82) is 0 Å². The molecule has 1 aliphatic heterocycles. The number of rotatable bonds is 4. The number of aromatic nitrogens is 4. The summed E-state index contributed by atoms with van der Waals surface area (Å²) in [6.07, 6.45) is 2.98. The summed E-state index contributed by atoms with van der Waals surface area (Å²) >= 11 is 0. The molecule has 0 bridgehead atoms. The summed E-state index contributed by atoms with van der Waals surface area (Å²) in [5, 5.41) is 0.0610. The molecule has 1 atom stereocenters. The molecule has 1 aliphatic rings. The molecule has 3 aromatic rings. The summed E-state index contributed by atoms with van der Waals surface area (Å²) in [5.74, 6) is 0.850. The number of fused-ring (bicyclic) bond motifs is 1. The van der Waals surface area contributed by atoms with Gasteiger partial charge in [0.25, 0.3) is 10.0 Å². The van der Waals surface area contributed by atoms with E-state index in [9.17, 15) is 12.8 Å². The van der Waals surface area contributed by atoms with Crippen LogP contribution in [0.25, 0.3) is 11.0 Å². The van der Waals surface area contributed by atoms with Crippen molar-refractivity contribution in [1.82, 2.24) is 23.8 Å². The molecule has 0 amide bonds. The van der Waals surface area contributed by atoms with E-state index < -0.39 is 16.1 Å². The summed E-state index contributed by atoms with van der Waals surface area (Å²) < 4.78 is 42.9. The second-order valence-electron chi connectivity index (χ2n) is 6.47. The van der Waals surface area contributed by atoms with E-state index >= 15 is 0 Å². The molecule has 9 heteroatoms. The van der Waals surface area contributed by atoms with E-state index in [0.29, 0.717) is 42.2 Å². The fourth-order valence-electron chi connectivity index (χ4n) is 3.50. The first-order valence-electron chi connectivity index (χ1n) is 8.61. The van der Waals surface area contributed by atoms with E-state index in [1.807, 2.05) is 11.5 Å². The van der Waals surface area contributed by atoms with Crippen LogP contribution in [0.2, 0.25) is 0 Å². The highest BCUT2D eigenvalue weighted by atomic mass is 32.2. The zero-order chi connectivity index (χ0) is 18.5. The average molecular weight is 377 g/mol. The molecule has 26 heavy (non-hydrogen) atoms. The zero-order valence-electron chi connectivity index (χ0n) is 14.6. The Hall–Kier alpha value is -2.26.